The van der Waals surface area contributed by atoms with Crippen molar-refractivity contribution in [1.82, 2.24) is 4.90 Å². The molecule has 3 N–H and O–H groups in total. The maximum atomic E-state index is 12.9. The van der Waals surface area contributed by atoms with Crippen LogP contribution < -0.4 is 20.7 Å². The number of nitrogens with two attached hydrogens (primary N) is 1. The molecule has 29 heavy (non-hydrogen) atoms. The van der Waals surface area contributed by atoms with Gasteiger partial charge in [0.2, 0.25) is 5.91 Å². The largest absolute Gasteiger partial charge is 0.433 e. The van der Waals surface area contributed by atoms with Gasteiger partial charge in [-0.05, 0) is 37.9 Å². The Bertz CT molecular complexity index is 745. The number of rotatable bonds is 9. The van der Waals surface area contributed by atoms with E-state index >= 15 is 0 Å². The van der Waals surface area contributed by atoms with E-state index in [2.05, 4.69) is 10.1 Å². The lowest BCUT2D eigenvalue weighted by molar-refractivity contribution is -0.126. The molecule has 160 valence electrons. The highest BCUT2D eigenvalue weighted by Crippen LogP contribution is 2.34. The summed E-state index contributed by atoms with van der Waals surface area (Å²) < 4.78 is 35.5. The third-order valence-corrected chi connectivity index (χ3v) is 5.02. The number of ether oxygens (including phenoxy) is 2. The van der Waals surface area contributed by atoms with Gasteiger partial charge in [-0.2, -0.15) is 8.78 Å². The van der Waals surface area contributed by atoms with Gasteiger partial charge in [0, 0.05) is 31.4 Å². The molecule has 1 heterocycles. The molecule has 2 fully saturated rings. The SMILES string of the molecule is CN(CC1CC1)[C@@H](CN)C(=O)Nc1ccc(N2CCOCC2=O)c(OC(F)F)c1. The number of hydrogen-bond donors (Lipinski definition) is 2. The lowest BCUT2D eigenvalue weighted by Crippen LogP contribution is -2.47. The van der Waals surface area contributed by atoms with E-state index in [0.717, 1.165) is 19.4 Å². The van der Waals surface area contributed by atoms with Crippen LogP contribution in [0.25, 0.3) is 0 Å². The minimum absolute atomic E-state index is 0.127. The van der Waals surface area contributed by atoms with E-state index in [1.165, 1.54) is 17.0 Å². The van der Waals surface area contributed by atoms with E-state index in [0.29, 0.717) is 12.5 Å². The summed E-state index contributed by atoms with van der Waals surface area (Å²) in [4.78, 5) is 28.0. The Balaban J connectivity index is 1.76. The zero-order valence-electron chi connectivity index (χ0n) is 16.3. The minimum atomic E-state index is -3.07. The molecule has 2 aliphatic rings. The van der Waals surface area contributed by atoms with Crippen LogP contribution in [0, 0.1) is 5.92 Å². The molecule has 0 aromatic heterocycles. The maximum Gasteiger partial charge on any atom is 0.387 e. The Kier molecular flexibility index (Phi) is 6.99. The minimum Gasteiger partial charge on any atom is -0.433 e. The average Bonchev–Trinajstić information content (AvgIpc) is 3.47. The van der Waals surface area contributed by atoms with Gasteiger partial charge in [0.05, 0.1) is 12.3 Å². The van der Waals surface area contributed by atoms with Gasteiger partial charge in [0.1, 0.15) is 12.6 Å². The lowest BCUT2D eigenvalue weighted by Gasteiger charge is -2.29. The fourth-order valence-electron chi connectivity index (χ4n) is 3.33. The third-order valence-electron chi connectivity index (χ3n) is 5.02. The van der Waals surface area contributed by atoms with Crippen molar-refractivity contribution in [3.63, 3.8) is 0 Å². The second kappa shape index (κ2) is 9.47. The Morgan fingerprint density at radius 2 is 2.21 bits per heavy atom. The summed E-state index contributed by atoms with van der Waals surface area (Å²) in [6.45, 7) is -1.76. The van der Waals surface area contributed by atoms with E-state index in [-0.39, 0.29) is 48.6 Å². The first-order chi connectivity index (χ1) is 13.9. The molecule has 3 rings (SSSR count). The van der Waals surface area contributed by atoms with Crippen LogP contribution in [0.2, 0.25) is 0 Å². The summed E-state index contributed by atoms with van der Waals surface area (Å²) >= 11 is 0. The van der Waals surface area contributed by atoms with Gasteiger partial charge in [0.25, 0.3) is 5.91 Å². The number of nitrogens with zero attached hydrogens (tertiary/aromatic N) is 2. The summed E-state index contributed by atoms with van der Waals surface area (Å²) in [6.07, 6.45) is 2.30. The molecule has 8 nitrogen and oxygen atoms in total. The third kappa shape index (κ3) is 5.62. The Labute approximate surface area is 167 Å². The van der Waals surface area contributed by atoms with Gasteiger partial charge in [-0.15, -0.1) is 0 Å². The van der Waals surface area contributed by atoms with Crippen LogP contribution in [0.15, 0.2) is 18.2 Å². The van der Waals surface area contributed by atoms with Crippen LogP contribution in [0.1, 0.15) is 12.8 Å². The highest BCUT2D eigenvalue weighted by atomic mass is 19.3. The maximum absolute atomic E-state index is 12.9. The molecular formula is C19H26F2N4O4. The smallest absolute Gasteiger partial charge is 0.387 e. The van der Waals surface area contributed by atoms with Crippen molar-refractivity contribution in [3.05, 3.63) is 18.2 Å². The van der Waals surface area contributed by atoms with Crippen molar-refractivity contribution >= 4 is 23.2 Å². The number of amides is 2. The first-order valence-electron chi connectivity index (χ1n) is 9.57. The molecule has 0 unspecified atom stereocenters. The normalized spacial score (nSPS) is 18.3. The Morgan fingerprint density at radius 1 is 1.45 bits per heavy atom. The van der Waals surface area contributed by atoms with Gasteiger partial charge in [-0.3, -0.25) is 14.5 Å². The van der Waals surface area contributed by atoms with Gasteiger partial charge in [-0.25, -0.2) is 0 Å². The number of nitrogens with one attached hydrogen (secondary N) is 1. The Hall–Kier alpha value is -2.30. The first kappa shape index (κ1) is 21.4. The van der Waals surface area contributed by atoms with Gasteiger partial charge in [0.15, 0.2) is 5.75 Å². The lowest BCUT2D eigenvalue weighted by atomic mass is 10.2. The van der Waals surface area contributed by atoms with E-state index < -0.39 is 12.7 Å². The number of morpholine rings is 1. The van der Waals surface area contributed by atoms with Crippen LogP contribution in [0.3, 0.4) is 0 Å². The second-order valence-electron chi connectivity index (χ2n) is 7.28. The number of carbonyl (C=O) groups excluding carboxylic acids is 2. The number of carbonyl (C=O) groups is 2. The second-order valence-corrected chi connectivity index (χ2v) is 7.28. The highest BCUT2D eigenvalue weighted by molar-refractivity contribution is 5.98. The first-order valence-corrected chi connectivity index (χ1v) is 9.57. The summed E-state index contributed by atoms with van der Waals surface area (Å²) in [5, 5.41) is 2.71. The van der Waals surface area contributed by atoms with Gasteiger partial charge >= 0.3 is 6.61 Å². The van der Waals surface area contributed by atoms with Crippen molar-refractivity contribution in [2.24, 2.45) is 11.7 Å². The topological polar surface area (TPSA) is 97.1 Å². The van der Waals surface area contributed by atoms with Crippen LogP contribution in [-0.2, 0) is 14.3 Å². The van der Waals surface area contributed by atoms with Crippen molar-refractivity contribution in [3.8, 4) is 5.75 Å². The van der Waals surface area contributed by atoms with Gasteiger partial charge in [-0.1, -0.05) is 0 Å². The fraction of sp³-hybridized carbons (Fsp3) is 0.579. The molecule has 2 amide bonds. The van der Waals surface area contributed by atoms with Crippen molar-refractivity contribution < 1.29 is 27.8 Å². The summed E-state index contributed by atoms with van der Waals surface area (Å²) in [5.41, 5.74) is 6.27. The van der Waals surface area contributed by atoms with E-state index in [1.54, 1.807) is 6.07 Å². The summed E-state index contributed by atoms with van der Waals surface area (Å²) in [5.74, 6) is -0.271. The molecular weight excluding hydrogens is 386 g/mol. The van der Waals surface area contributed by atoms with Gasteiger partial charge < -0.3 is 25.4 Å². The van der Waals surface area contributed by atoms with Crippen molar-refractivity contribution in [2.45, 2.75) is 25.5 Å². The van der Waals surface area contributed by atoms with Crippen molar-refractivity contribution in [1.29, 1.82) is 0 Å². The Morgan fingerprint density at radius 3 is 2.83 bits per heavy atom. The molecule has 1 aliphatic heterocycles. The molecule has 1 aromatic carbocycles. The zero-order valence-corrected chi connectivity index (χ0v) is 16.3. The molecule has 1 aliphatic carbocycles. The van der Waals surface area contributed by atoms with Crippen LogP contribution in [-0.4, -0.2) is 69.3 Å². The van der Waals surface area contributed by atoms with Crippen LogP contribution in [0.4, 0.5) is 20.2 Å². The molecule has 0 radical (unpaired) electrons. The van der Waals surface area contributed by atoms with E-state index in [1.807, 2.05) is 11.9 Å². The summed E-state index contributed by atoms with van der Waals surface area (Å²) in [7, 11) is 1.84. The number of benzene rings is 1. The standard InChI is InChI=1S/C19H26F2N4O4/c1-24(10-12-2-3-12)15(9-22)18(27)23-13-4-5-14(16(8-13)29-19(20)21)25-6-7-28-11-17(25)26/h4-5,8,12,15,19H,2-3,6-7,9-11,22H2,1H3,(H,23,27)/t15-/m0/s1. The number of halogens is 2. The molecule has 1 atom stereocenters. The monoisotopic (exact) mass is 412 g/mol. The van der Waals surface area contributed by atoms with Crippen LogP contribution in [0.5, 0.6) is 5.75 Å². The number of anilines is 2. The molecule has 0 bridgehead atoms. The number of alkyl halides is 2. The summed E-state index contributed by atoms with van der Waals surface area (Å²) in [6, 6.07) is 3.77. The van der Waals surface area contributed by atoms with E-state index in [4.69, 9.17) is 10.5 Å². The molecule has 10 heteroatoms. The number of hydrogen-bond acceptors (Lipinski definition) is 6. The average molecular weight is 412 g/mol. The quantitative estimate of drug-likeness (QED) is 0.634. The predicted octanol–water partition coefficient (Wildman–Crippen LogP) is 1.26. The zero-order chi connectivity index (χ0) is 21.0. The molecule has 1 aromatic rings. The number of likely N-dealkylation sites (N-methyl/N-ethyl adjacent to an activating group) is 1. The molecule has 1 saturated carbocycles. The fourth-order valence-corrected chi connectivity index (χ4v) is 3.33. The van der Waals surface area contributed by atoms with Crippen molar-refractivity contribution in [2.75, 3.05) is 50.1 Å². The molecule has 0 spiro atoms. The molecule has 1 saturated heterocycles. The van der Waals surface area contributed by atoms with Crippen LogP contribution >= 0.6 is 0 Å². The van der Waals surface area contributed by atoms with E-state index in [9.17, 15) is 18.4 Å². The predicted molar refractivity (Wildman–Crippen MR) is 103 cm³/mol. The highest BCUT2D eigenvalue weighted by Gasteiger charge is 2.29.